The monoisotopic (exact) mass is 231 g/mol. The van der Waals surface area contributed by atoms with Gasteiger partial charge in [-0.25, -0.2) is 0 Å². The second-order valence-electron chi connectivity index (χ2n) is 4.26. The summed E-state index contributed by atoms with van der Waals surface area (Å²) in [5.41, 5.74) is 14.3. The lowest BCUT2D eigenvalue weighted by molar-refractivity contribution is -0.118. The van der Waals surface area contributed by atoms with E-state index in [0.29, 0.717) is 6.54 Å². The van der Waals surface area contributed by atoms with Crippen molar-refractivity contribution in [2.24, 2.45) is 11.5 Å². The molecule has 1 aromatic carbocycles. The number of aromatic nitrogens is 1. The van der Waals surface area contributed by atoms with Gasteiger partial charge in [0, 0.05) is 17.1 Å². The van der Waals surface area contributed by atoms with Gasteiger partial charge >= 0.3 is 0 Å². The third-order valence-electron chi connectivity index (χ3n) is 2.93. The number of amides is 1. The van der Waals surface area contributed by atoms with Gasteiger partial charge in [0.15, 0.2) is 0 Å². The van der Waals surface area contributed by atoms with Gasteiger partial charge in [-0.05, 0) is 37.1 Å². The standard InChI is InChI=1S/C13H17N3O/c1-9-3-2-4-11-13(9)10(5-6-14)7-16(11)8-12(15)17/h2-4,7H,5-6,8,14H2,1H3,(H2,15,17). The fourth-order valence-electron chi connectivity index (χ4n) is 2.28. The minimum absolute atomic E-state index is 0.213. The smallest absolute Gasteiger partial charge is 0.237 e. The van der Waals surface area contributed by atoms with Gasteiger partial charge in [-0.3, -0.25) is 4.79 Å². The number of nitrogens with zero attached hydrogens (tertiary/aromatic N) is 1. The summed E-state index contributed by atoms with van der Waals surface area (Å²) in [4.78, 5) is 11.0. The third-order valence-corrected chi connectivity index (χ3v) is 2.93. The molecule has 0 atom stereocenters. The molecule has 0 aliphatic rings. The number of carbonyl (C=O) groups excluding carboxylic acids is 1. The van der Waals surface area contributed by atoms with Crippen LogP contribution in [-0.4, -0.2) is 17.0 Å². The van der Waals surface area contributed by atoms with Gasteiger partial charge in [0.1, 0.15) is 6.54 Å². The van der Waals surface area contributed by atoms with E-state index in [1.807, 2.05) is 22.9 Å². The zero-order valence-electron chi connectivity index (χ0n) is 9.94. The van der Waals surface area contributed by atoms with Crippen LogP contribution in [0.3, 0.4) is 0 Å². The Labute approximate surface area is 100 Å². The predicted molar refractivity (Wildman–Crippen MR) is 68.6 cm³/mol. The first-order chi connectivity index (χ1) is 8.13. The van der Waals surface area contributed by atoms with Gasteiger partial charge in [-0.15, -0.1) is 0 Å². The molecule has 0 fully saturated rings. The lowest BCUT2D eigenvalue weighted by Crippen LogP contribution is -2.17. The van der Waals surface area contributed by atoms with E-state index in [-0.39, 0.29) is 12.5 Å². The van der Waals surface area contributed by atoms with Crippen molar-refractivity contribution >= 4 is 16.8 Å². The molecule has 4 heteroatoms. The normalized spacial score (nSPS) is 10.9. The highest BCUT2D eigenvalue weighted by Crippen LogP contribution is 2.25. The van der Waals surface area contributed by atoms with Gasteiger partial charge in [-0.2, -0.15) is 0 Å². The van der Waals surface area contributed by atoms with Crippen molar-refractivity contribution < 1.29 is 4.79 Å². The van der Waals surface area contributed by atoms with E-state index in [9.17, 15) is 4.79 Å². The van der Waals surface area contributed by atoms with E-state index in [0.717, 1.165) is 11.9 Å². The molecule has 1 amide bonds. The van der Waals surface area contributed by atoms with Gasteiger partial charge in [0.05, 0.1) is 0 Å². The summed E-state index contributed by atoms with van der Waals surface area (Å²) in [7, 11) is 0. The van der Waals surface area contributed by atoms with Crippen molar-refractivity contribution in [3.63, 3.8) is 0 Å². The molecule has 2 rings (SSSR count). The summed E-state index contributed by atoms with van der Waals surface area (Å²) >= 11 is 0. The Kier molecular flexibility index (Phi) is 3.15. The molecular weight excluding hydrogens is 214 g/mol. The average molecular weight is 231 g/mol. The third kappa shape index (κ3) is 2.17. The predicted octanol–water partition coefficient (Wildman–Crippen LogP) is 0.936. The Morgan fingerprint density at radius 1 is 1.41 bits per heavy atom. The van der Waals surface area contributed by atoms with E-state index >= 15 is 0 Å². The van der Waals surface area contributed by atoms with Crippen molar-refractivity contribution in [2.75, 3.05) is 6.54 Å². The highest BCUT2D eigenvalue weighted by molar-refractivity contribution is 5.88. The van der Waals surface area contributed by atoms with E-state index < -0.39 is 0 Å². The van der Waals surface area contributed by atoms with Crippen LogP contribution in [0.4, 0.5) is 0 Å². The molecule has 0 saturated carbocycles. The van der Waals surface area contributed by atoms with Crippen LogP contribution in [-0.2, 0) is 17.8 Å². The molecule has 4 nitrogen and oxygen atoms in total. The molecule has 0 spiro atoms. The maximum Gasteiger partial charge on any atom is 0.237 e. The number of benzene rings is 1. The molecular formula is C13H17N3O. The van der Waals surface area contributed by atoms with Crippen molar-refractivity contribution in [3.05, 3.63) is 35.5 Å². The van der Waals surface area contributed by atoms with Crippen LogP contribution in [0.15, 0.2) is 24.4 Å². The van der Waals surface area contributed by atoms with Crippen LogP contribution >= 0.6 is 0 Å². The van der Waals surface area contributed by atoms with Crippen molar-refractivity contribution in [2.45, 2.75) is 19.9 Å². The summed E-state index contributed by atoms with van der Waals surface area (Å²) in [5.74, 6) is -0.331. The first kappa shape index (κ1) is 11.7. The first-order valence-electron chi connectivity index (χ1n) is 5.69. The maximum absolute atomic E-state index is 11.0. The van der Waals surface area contributed by atoms with Crippen LogP contribution < -0.4 is 11.5 Å². The molecule has 17 heavy (non-hydrogen) atoms. The average Bonchev–Trinajstić information content (AvgIpc) is 2.58. The van der Waals surface area contributed by atoms with E-state index in [1.165, 1.54) is 16.5 Å². The van der Waals surface area contributed by atoms with Crippen molar-refractivity contribution in [1.82, 2.24) is 4.57 Å². The van der Waals surface area contributed by atoms with Crippen LogP contribution in [0.25, 0.3) is 10.9 Å². The Morgan fingerprint density at radius 3 is 2.82 bits per heavy atom. The lowest BCUT2D eigenvalue weighted by Gasteiger charge is -2.02. The molecule has 2 aromatic rings. The number of nitrogens with two attached hydrogens (primary N) is 2. The summed E-state index contributed by atoms with van der Waals surface area (Å²) in [5, 5.41) is 1.19. The largest absolute Gasteiger partial charge is 0.368 e. The number of hydrogen-bond donors (Lipinski definition) is 2. The molecule has 0 unspecified atom stereocenters. The highest BCUT2D eigenvalue weighted by atomic mass is 16.1. The van der Waals surface area contributed by atoms with Gasteiger partial charge in [-0.1, -0.05) is 12.1 Å². The van der Waals surface area contributed by atoms with Crippen LogP contribution in [0.1, 0.15) is 11.1 Å². The minimum Gasteiger partial charge on any atom is -0.368 e. The molecule has 1 aromatic heterocycles. The second kappa shape index (κ2) is 4.59. The minimum atomic E-state index is -0.331. The van der Waals surface area contributed by atoms with Gasteiger partial charge in [0.25, 0.3) is 0 Å². The number of carbonyl (C=O) groups is 1. The molecule has 0 aliphatic heterocycles. The molecule has 0 saturated heterocycles. The zero-order chi connectivity index (χ0) is 12.4. The van der Waals surface area contributed by atoms with Crippen LogP contribution in [0, 0.1) is 6.92 Å². The number of primary amides is 1. The number of aryl methyl sites for hydroxylation is 1. The molecule has 0 bridgehead atoms. The molecule has 1 heterocycles. The zero-order valence-corrected chi connectivity index (χ0v) is 9.94. The van der Waals surface area contributed by atoms with E-state index in [4.69, 9.17) is 11.5 Å². The van der Waals surface area contributed by atoms with Crippen LogP contribution in [0.2, 0.25) is 0 Å². The van der Waals surface area contributed by atoms with Crippen molar-refractivity contribution in [1.29, 1.82) is 0 Å². The Hall–Kier alpha value is -1.81. The Bertz CT molecular complexity index is 557. The maximum atomic E-state index is 11.0. The molecule has 0 aliphatic carbocycles. The summed E-state index contributed by atoms with van der Waals surface area (Å²) in [6.07, 6.45) is 2.79. The fraction of sp³-hybridized carbons (Fsp3) is 0.308. The quantitative estimate of drug-likeness (QED) is 0.821. The summed E-state index contributed by atoms with van der Waals surface area (Å²) in [6, 6.07) is 6.06. The van der Waals surface area contributed by atoms with Crippen LogP contribution in [0.5, 0.6) is 0 Å². The summed E-state index contributed by atoms with van der Waals surface area (Å²) < 4.78 is 1.90. The summed E-state index contributed by atoms with van der Waals surface area (Å²) in [6.45, 7) is 2.88. The number of hydrogen-bond acceptors (Lipinski definition) is 2. The second-order valence-corrected chi connectivity index (χ2v) is 4.26. The van der Waals surface area contributed by atoms with Crippen molar-refractivity contribution in [3.8, 4) is 0 Å². The van der Waals surface area contributed by atoms with E-state index in [2.05, 4.69) is 13.0 Å². The highest BCUT2D eigenvalue weighted by Gasteiger charge is 2.10. The molecule has 0 radical (unpaired) electrons. The Morgan fingerprint density at radius 2 is 2.18 bits per heavy atom. The fourth-order valence-corrected chi connectivity index (χ4v) is 2.28. The van der Waals surface area contributed by atoms with Gasteiger partial charge < -0.3 is 16.0 Å². The SMILES string of the molecule is Cc1cccc2c1c(CCN)cn2CC(N)=O. The number of fused-ring (bicyclic) bond motifs is 1. The van der Waals surface area contributed by atoms with Gasteiger partial charge in [0.2, 0.25) is 5.91 Å². The lowest BCUT2D eigenvalue weighted by atomic mass is 10.1. The number of rotatable bonds is 4. The molecule has 4 N–H and O–H groups in total. The Balaban J connectivity index is 2.62. The topological polar surface area (TPSA) is 74.0 Å². The first-order valence-corrected chi connectivity index (χ1v) is 5.69. The molecule has 90 valence electrons. The van der Waals surface area contributed by atoms with E-state index in [1.54, 1.807) is 0 Å².